The van der Waals surface area contributed by atoms with Crippen LogP contribution in [0.2, 0.25) is 0 Å². The molecule has 0 saturated carbocycles. The van der Waals surface area contributed by atoms with E-state index in [1.165, 1.54) is 22.8 Å². The van der Waals surface area contributed by atoms with Gasteiger partial charge >= 0.3 is 15.6 Å². The number of hydrogen-bond donors (Lipinski definition) is 2. The number of halogens is 2. The van der Waals surface area contributed by atoms with Gasteiger partial charge in [-0.25, -0.2) is 17.9 Å². The van der Waals surface area contributed by atoms with Gasteiger partial charge in [-0.1, -0.05) is 0 Å². The van der Waals surface area contributed by atoms with Gasteiger partial charge in [-0.05, 0) is 0 Å². The Morgan fingerprint density at radius 3 is 1.79 bits per heavy atom. The lowest BCUT2D eigenvalue weighted by molar-refractivity contribution is -0.0337. The lowest BCUT2D eigenvalue weighted by Gasteiger charge is -2.24. The molecule has 0 aromatic carbocycles. The van der Waals surface area contributed by atoms with Crippen LogP contribution in [-0.4, -0.2) is 102 Å². The molecular formula is C12H24B2F2O11P2. The predicted molar refractivity (Wildman–Crippen MR) is 98.4 cm³/mol. The second kappa shape index (κ2) is 10.1. The highest BCUT2D eigenvalue weighted by atomic mass is 31.2. The van der Waals surface area contributed by atoms with Crippen LogP contribution in [-0.2, 0) is 41.4 Å². The highest BCUT2D eigenvalue weighted by molar-refractivity contribution is 7.47. The van der Waals surface area contributed by atoms with Crippen LogP contribution in [0.3, 0.4) is 0 Å². The molecule has 168 valence electrons. The maximum absolute atomic E-state index is 14.3. The molecule has 0 aliphatic carbocycles. The highest BCUT2D eigenvalue weighted by Crippen LogP contribution is 2.50. The Hall–Kier alpha value is 0.0899. The van der Waals surface area contributed by atoms with Gasteiger partial charge in [0.2, 0.25) is 0 Å². The molecule has 0 aromatic heterocycles. The third-order valence-corrected chi connectivity index (χ3v) is 6.47. The molecule has 0 amide bonds. The predicted octanol–water partition coefficient (Wildman–Crippen LogP) is -1.34. The molecule has 8 unspecified atom stereocenters. The zero-order chi connectivity index (χ0) is 22.0. The minimum atomic E-state index is -4.84. The van der Waals surface area contributed by atoms with Gasteiger partial charge in [-0.15, -0.1) is 0 Å². The Bertz CT molecular complexity index is 649. The molecule has 2 saturated heterocycles. The molecule has 0 bridgehead atoms. The summed E-state index contributed by atoms with van der Waals surface area (Å²) in [4.78, 5) is 19.4. The van der Waals surface area contributed by atoms with E-state index in [0.717, 1.165) is 7.11 Å². The van der Waals surface area contributed by atoms with Crippen molar-refractivity contribution in [1.29, 1.82) is 0 Å². The van der Waals surface area contributed by atoms with Crippen LogP contribution in [0.15, 0.2) is 0 Å². The first kappa shape index (κ1) is 25.4. The first-order valence-corrected chi connectivity index (χ1v) is 11.7. The van der Waals surface area contributed by atoms with Crippen molar-refractivity contribution in [3.05, 3.63) is 0 Å². The molecule has 11 nitrogen and oxygen atoms in total. The third kappa shape index (κ3) is 6.54. The molecule has 10 atom stereocenters. The van der Waals surface area contributed by atoms with Crippen LogP contribution in [0, 0.1) is 0 Å². The van der Waals surface area contributed by atoms with Crippen molar-refractivity contribution in [1.82, 2.24) is 0 Å². The fraction of sp³-hybridized carbons (Fsp3) is 1.00. The van der Waals surface area contributed by atoms with E-state index in [1.54, 1.807) is 0 Å². The van der Waals surface area contributed by atoms with Crippen LogP contribution in [0.4, 0.5) is 8.78 Å². The van der Waals surface area contributed by atoms with E-state index in [0.29, 0.717) is 0 Å². The second-order valence-corrected chi connectivity index (χ2v) is 9.58. The summed E-state index contributed by atoms with van der Waals surface area (Å²) in [6.07, 6.45) is -8.85. The van der Waals surface area contributed by atoms with Crippen molar-refractivity contribution >= 4 is 31.3 Å². The van der Waals surface area contributed by atoms with E-state index in [2.05, 4.69) is 4.52 Å². The molecular weight excluding hydrogens is 442 g/mol. The maximum Gasteiger partial charge on any atom is 0.472 e. The van der Waals surface area contributed by atoms with E-state index in [1.807, 2.05) is 0 Å². The molecule has 17 heteroatoms. The van der Waals surface area contributed by atoms with Gasteiger partial charge in [0.05, 0.1) is 25.2 Å². The molecule has 2 rings (SSSR count). The van der Waals surface area contributed by atoms with Gasteiger partial charge in [0.25, 0.3) is 0 Å². The third-order valence-electron chi connectivity index (χ3n) is 4.51. The fourth-order valence-electron chi connectivity index (χ4n) is 3.03. The number of alkyl halides is 2. The van der Waals surface area contributed by atoms with Crippen LogP contribution in [0.5, 0.6) is 0 Å². The summed E-state index contributed by atoms with van der Waals surface area (Å²) in [5.74, 6) is 0. The van der Waals surface area contributed by atoms with Gasteiger partial charge in [-0.3, -0.25) is 18.1 Å². The van der Waals surface area contributed by atoms with Crippen molar-refractivity contribution in [2.24, 2.45) is 0 Å². The number of hydrogen-bond acceptors (Lipinski definition) is 9. The quantitative estimate of drug-likeness (QED) is 0.292. The van der Waals surface area contributed by atoms with Gasteiger partial charge in [0.15, 0.2) is 0 Å². The molecule has 0 radical (unpaired) electrons. The average molecular weight is 466 g/mol. The van der Waals surface area contributed by atoms with Gasteiger partial charge in [0.1, 0.15) is 52.5 Å². The Balaban J connectivity index is 2.00. The monoisotopic (exact) mass is 466 g/mol. The number of rotatable bonds is 10. The maximum atomic E-state index is 14.3. The number of ether oxygens (including phenoxy) is 3. The minimum absolute atomic E-state index is 0.0824. The minimum Gasteiger partial charge on any atom is -0.382 e. The SMILES string of the molecule is BC1OC(COP(=O)(O)O[C@H]2C(COC)OC(B)C2F)[C@H](OP(=O)(O)OC)C1F. The van der Waals surface area contributed by atoms with Crippen molar-refractivity contribution in [2.75, 3.05) is 27.4 Å². The smallest absolute Gasteiger partial charge is 0.382 e. The summed E-state index contributed by atoms with van der Waals surface area (Å²) in [6.45, 7) is -0.817. The molecule has 2 N–H and O–H groups in total. The van der Waals surface area contributed by atoms with Crippen LogP contribution >= 0.6 is 15.6 Å². The van der Waals surface area contributed by atoms with Crippen molar-refractivity contribution < 1.29 is 60.0 Å². The van der Waals surface area contributed by atoms with Gasteiger partial charge in [0, 0.05) is 14.2 Å². The summed E-state index contributed by atoms with van der Waals surface area (Å²) >= 11 is 0. The van der Waals surface area contributed by atoms with Crippen molar-refractivity contribution in [3.63, 3.8) is 0 Å². The first-order valence-electron chi connectivity index (χ1n) is 8.71. The highest BCUT2D eigenvalue weighted by Gasteiger charge is 2.50. The summed E-state index contributed by atoms with van der Waals surface area (Å²) in [6, 6.07) is -1.94. The number of methoxy groups -OCH3 is 1. The molecule has 2 aliphatic heterocycles. The summed E-state index contributed by atoms with van der Waals surface area (Å²) in [5, 5.41) is 0. The Morgan fingerprint density at radius 2 is 1.34 bits per heavy atom. The molecule has 0 spiro atoms. The molecule has 0 aromatic rings. The largest absolute Gasteiger partial charge is 0.472 e. The van der Waals surface area contributed by atoms with Crippen LogP contribution in [0.25, 0.3) is 0 Å². The van der Waals surface area contributed by atoms with Crippen molar-refractivity contribution in [3.8, 4) is 0 Å². The van der Waals surface area contributed by atoms with E-state index in [-0.39, 0.29) is 6.61 Å². The number of phosphoric ester groups is 2. The normalized spacial score (nSPS) is 41.9. The topological polar surface area (TPSA) is 139 Å². The molecule has 2 aliphatic rings. The van der Waals surface area contributed by atoms with E-state index >= 15 is 0 Å². The van der Waals surface area contributed by atoms with Gasteiger partial charge < -0.3 is 24.0 Å². The van der Waals surface area contributed by atoms with Crippen LogP contribution < -0.4 is 0 Å². The zero-order valence-corrected chi connectivity index (χ0v) is 18.0. The Morgan fingerprint density at radius 1 is 0.897 bits per heavy atom. The van der Waals surface area contributed by atoms with E-state index < -0.39 is 71.0 Å². The van der Waals surface area contributed by atoms with Gasteiger partial charge in [-0.2, -0.15) is 0 Å². The second-order valence-electron chi connectivity index (χ2n) is 6.66. The summed E-state index contributed by atoms with van der Waals surface area (Å²) in [7, 11) is -4.40. The summed E-state index contributed by atoms with van der Waals surface area (Å²) < 4.78 is 86.4. The molecule has 2 heterocycles. The standard InChI is InChI=1S/C12H24B2F2O11P2/c1-21-3-5-9(7(15)11(13)24-5)27-29(19,20)23-4-6-10(8(16)12(14)25-6)26-28(17,18)22-2/h5-12H,3-4,13-14H2,1-2H3,(H,17,18)(H,19,20)/t5?,6?,7?,8?,9-,10-,11?,12?/m0/s1. The zero-order valence-electron chi connectivity index (χ0n) is 16.3. The van der Waals surface area contributed by atoms with Crippen molar-refractivity contribution in [2.45, 2.75) is 48.8 Å². The fourth-order valence-corrected chi connectivity index (χ4v) is 4.64. The summed E-state index contributed by atoms with van der Waals surface area (Å²) in [5.41, 5.74) is 0. The molecule has 29 heavy (non-hydrogen) atoms. The van der Waals surface area contributed by atoms with E-state index in [9.17, 15) is 27.7 Å². The Labute approximate surface area is 168 Å². The number of phosphoric acid groups is 2. The van der Waals surface area contributed by atoms with Crippen LogP contribution in [0.1, 0.15) is 0 Å². The average Bonchev–Trinajstić information content (AvgIpc) is 3.05. The Kier molecular flexibility index (Phi) is 8.86. The lowest BCUT2D eigenvalue weighted by Crippen LogP contribution is -2.36. The van der Waals surface area contributed by atoms with E-state index in [4.69, 9.17) is 27.8 Å². The first-order chi connectivity index (χ1) is 13.4. The lowest BCUT2D eigenvalue weighted by atomic mass is 9.94. The molecule has 2 fully saturated rings.